The van der Waals surface area contributed by atoms with E-state index in [4.69, 9.17) is 0 Å². The smallest absolute Gasteiger partial charge is 0.101 e. The molecule has 2 atom stereocenters. The lowest BCUT2D eigenvalue weighted by Gasteiger charge is -2.37. The van der Waals surface area contributed by atoms with Crippen LogP contribution in [0.1, 0.15) is 31.4 Å². The number of nitrogens with zero attached hydrogens (tertiary/aromatic N) is 2. The fraction of sp³-hybridized carbons (Fsp3) is 0.533. The highest BCUT2D eigenvalue weighted by atomic mass is 15.1. The zero-order valence-corrected chi connectivity index (χ0v) is 10.9. The normalized spacial score (nSPS) is 24.5. The number of nitriles is 1. The number of aryl methyl sites for hydroxylation is 1. The number of hydrogen-bond acceptors (Lipinski definition) is 2. The maximum absolute atomic E-state index is 9.23. The molecule has 0 N–H and O–H groups in total. The molecule has 1 heterocycles. The van der Waals surface area contributed by atoms with Gasteiger partial charge in [0, 0.05) is 13.1 Å². The third kappa shape index (κ3) is 2.61. The summed E-state index contributed by atoms with van der Waals surface area (Å²) in [4.78, 5) is 2.37. The van der Waals surface area contributed by atoms with Crippen molar-refractivity contribution in [2.24, 2.45) is 11.8 Å². The number of rotatable bonds is 1. The Morgan fingerprint density at radius 1 is 1.24 bits per heavy atom. The molecule has 1 aromatic rings. The molecule has 1 fully saturated rings. The first kappa shape index (κ1) is 12.0. The number of piperidine rings is 1. The van der Waals surface area contributed by atoms with Crippen molar-refractivity contribution >= 4 is 5.69 Å². The lowest BCUT2D eigenvalue weighted by molar-refractivity contribution is 0.357. The Bertz CT molecular complexity index is 435. The van der Waals surface area contributed by atoms with E-state index in [-0.39, 0.29) is 0 Å². The minimum atomic E-state index is 0.714. The summed E-state index contributed by atoms with van der Waals surface area (Å²) in [5.74, 6) is 1.43. The van der Waals surface area contributed by atoms with Crippen LogP contribution in [-0.2, 0) is 0 Å². The van der Waals surface area contributed by atoms with E-state index in [1.165, 1.54) is 6.42 Å². The molecule has 2 unspecified atom stereocenters. The van der Waals surface area contributed by atoms with Crippen molar-refractivity contribution in [2.45, 2.75) is 27.2 Å². The molecule has 2 nitrogen and oxygen atoms in total. The van der Waals surface area contributed by atoms with Crippen molar-refractivity contribution in [3.8, 4) is 6.07 Å². The van der Waals surface area contributed by atoms with Gasteiger partial charge in [-0.15, -0.1) is 0 Å². The van der Waals surface area contributed by atoms with Gasteiger partial charge in [0.15, 0.2) is 0 Å². The summed E-state index contributed by atoms with van der Waals surface area (Å²) in [6.45, 7) is 8.77. The third-order valence-electron chi connectivity index (χ3n) is 3.48. The molecule has 1 aliphatic rings. The molecule has 0 amide bonds. The average molecular weight is 228 g/mol. The summed E-state index contributed by atoms with van der Waals surface area (Å²) in [7, 11) is 0. The molecule has 0 aromatic heterocycles. The van der Waals surface area contributed by atoms with Gasteiger partial charge in [0.1, 0.15) is 6.07 Å². The van der Waals surface area contributed by atoms with Crippen LogP contribution in [-0.4, -0.2) is 13.1 Å². The van der Waals surface area contributed by atoms with Crippen molar-refractivity contribution in [2.75, 3.05) is 18.0 Å². The molecule has 0 aliphatic carbocycles. The van der Waals surface area contributed by atoms with Crippen molar-refractivity contribution in [1.29, 1.82) is 5.26 Å². The molecule has 2 rings (SSSR count). The van der Waals surface area contributed by atoms with E-state index >= 15 is 0 Å². The lowest BCUT2D eigenvalue weighted by Crippen LogP contribution is -2.39. The Hall–Kier alpha value is -1.49. The first-order valence-corrected chi connectivity index (χ1v) is 6.36. The molecule has 2 heteroatoms. The van der Waals surface area contributed by atoms with Gasteiger partial charge in [0.05, 0.1) is 11.3 Å². The van der Waals surface area contributed by atoms with Gasteiger partial charge >= 0.3 is 0 Å². The predicted octanol–water partition coefficient (Wildman–Crippen LogP) is 3.35. The zero-order valence-electron chi connectivity index (χ0n) is 10.9. The van der Waals surface area contributed by atoms with E-state index < -0.39 is 0 Å². The Labute approximate surface area is 104 Å². The van der Waals surface area contributed by atoms with Crippen molar-refractivity contribution in [1.82, 2.24) is 0 Å². The van der Waals surface area contributed by atoms with E-state index in [2.05, 4.69) is 36.9 Å². The largest absolute Gasteiger partial charge is 0.370 e. The summed E-state index contributed by atoms with van der Waals surface area (Å²) in [5.41, 5.74) is 3.08. The molecule has 90 valence electrons. The van der Waals surface area contributed by atoms with Crippen LogP contribution in [0.15, 0.2) is 18.2 Å². The van der Waals surface area contributed by atoms with Gasteiger partial charge in [-0.2, -0.15) is 5.26 Å². The van der Waals surface area contributed by atoms with Crippen LogP contribution in [0.25, 0.3) is 0 Å². The highest BCUT2D eigenvalue weighted by molar-refractivity contribution is 5.60. The quantitative estimate of drug-likeness (QED) is 0.737. The van der Waals surface area contributed by atoms with Gasteiger partial charge in [-0.05, 0) is 42.9 Å². The molecule has 0 saturated carbocycles. The minimum Gasteiger partial charge on any atom is -0.370 e. The van der Waals surface area contributed by atoms with Crippen molar-refractivity contribution in [3.63, 3.8) is 0 Å². The summed E-state index contributed by atoms with van der Waals surface area (Å²) in [6, 6.07) is 8.50. The van der Waals surface area contributed by atoms with E-state index in [9.17, 15) is 5.26 Å². The van der Waals surface area contributed by atoms with Gasteiger partial charge in [-0.1, -0.05) is 19.9 Å². The van der Waals surface area contributed by atoms with E-state index in [1.54, 1.807) is 0 Å². The summed E-state index contributed by atoms with van der Waals surface area (Å²) in [6.07, 6.45) is 1.30. The molecular formula is C15H20N2. The first-order valence-electron chi connectivity index (χ1n) is 6.36. The summed E-state index contributed by atoms with van der Waals surface area (Å²) >= 11 is 0. The Morgan fingerprint density at radius 3 is 2.47 bits per heavy atom. The maximum atomic E-state index is 9.23. The van der Waals surface area contributed by atoms with E-state index in [1.807, 2.05) is 13.0 Å². The van der Waals surface area contributed by atoms with Crippen LogP contribution in [0, 0.1) is 30.1 Å². The van der Waals surface area contributed by atoms with E-state index in [0.717, 1.165) is 29.9 Å². The molecule has 0 radical (unpaired) electrons. The molecule has 1 aliphatic heterocycles. The van der Waals surface area contributed by atoms with Gasteiger partial charge < -0.3 is 4.90 Å². The zero-order chi connectivity index (χ0) is 12.4. The van der Waals surface area contributed by atoms with Crippen LogP contribution < -0.4 is 4.90 Å². The highest BCUT2D eigenvalue weighted by Crippen LogP contribution is 2.28. The SMILES string of the molecule is Cc1ccc(N2CC(C)CC(C)C2)c(C#N)c1. The van der Waals surface area contributed by atoms with Crippen LogP contribution in [0.3, 0.4) is 0 Å². The maximum Gasteiger partial charge on any atom is 0.101 e. The fourth-order valence-corrected chi connectivity index (χ4v) is 2.87. The van der Waals surface area contributed by atoms with Crippen LogP contribution >= 0.6 is 0 Å². The second-order valence-electron chi connectivity index (χ2n) is 5.48. The van der Waals surface area contributed by atoms with Crippen LogP contribution in [0.2, 0.25) is 0 Å². The fourth-order valence-electron chi connectivity index (χ4n) is 2.87. The lowest BCUT2D eigenvalue weighted by atomic mass is 9.91. The topological polar surface area (TPSA) is 27.0 Å². The van der Waals surface area contributed by atoms with Crippen LogP contribution in [0.4, 0.5) is 5.69 Å². The second kappa shape index (κ2) is 4.79. The number of hydrogen-bond donors (Lipinski definition) is 0. The Morgan fingerprint density at radius 2 is 1.88 bits per heavy atom. The highest BCUT2D eigenvalue weighted by Gasteiger charge is 2.23. The van der Waals surface area contributed by atoms with Crippen molar-refractivity contribution < 1.29 is 0 Å². The predicted molar refractivity (Wildman–Crippen MR) is 71.1 cm³/mol. The van der Waals surface area contributed by atoms with Gasteiger partial charge in [-0.3, -0.25) is 0 Å². The van der Waals surface area contributed by atoms with Gasteiger partial charge in [0.2, 0.25) is 0 Å². The first-order chi connectivity index (χ1) is 8.10. The molecule has 1 aromatic carbocycles. The van der Waals surface area contributed by atoms with Crippen molar-refractivity contribution in [3.05, 3.63) is 29.3 Å². The van der Waals surface area contributed by atoms with E-state index in [0.29, 0.717) is 11.8 Å². The standard InChI is InChI=1S/C15H20N2/c1-11-4-5-15(14(7-11)8-16)17-9-12(2)6-13(3)10-17/h4-5,7,12-13H,6,9-10H2,1-3H3. The van der Waals surface area contributed by atoms with Gasteiger partial charge in [0.25, 0.3) is 0 Å². The Balaban J connectivity index is 2.30. The Kier molecular flexibility index (Phi) is 3.38. The summed E-state index contributed by atoms with van der Waals surface area (Å²) in [5, 5.41) is 9.23. The second-order valence-corrected chi connectivity index (χ2v) is 5.48. The molecule has 17 heavy (non-hydrogen) atoms. The molecule has 1 saturated heterocycles. The van der Waals surface area contributed by atoms with Crippen LogP contribution in [0.5, 0.6) is 0 Å². The van der Waals surface area contributed by atoms with Gasteiger partial charge in [-0.25, -0.2) is 0 Å². The number of benzene rings is 1. The minimum absolute atomic E-state index is 0.714. The average Bonchev–Trinajstić information content (AvgIpc) is 2.27. The monoisotopic (exact) mass is 228 g/mol. The molecule has 0 spiro atoms. The third-order valence-corrected chi connectivity index (χ3v) is 3.48. The molecule has 0 bridgehead atoms. The molecular weight excluding hydrogens is 208 g/mol. The summed E-state index contributed by atoms with van der Waals surface area (Å²) < 4.78 is 0. The number of anilines is 1.